The quantitative estimate of drug-likeness (QED) is 0.581. The summed E-state index contributed by atoms with van der Waals surface area (Å²) in [7, 11) is -0.696. The van der Waals surface area contributed by atoms with E-state index in [9.17, 15) is 18.0 Å². The molecule has 1 saturated heterocycles. The van der Waals surface area contributed by atoms with Gasteiger partial charge in [-0.25, -0.2) is 17.9 Å². The van der Waals surface area contributed by atoms with Gasteiger partial charge in [0.05, 0.1) is 4.90 Å². The molecule has 0 bridgehead atoms. The van der Waals surface area contributed by atoms with Crippen molar-refractivity contribution in [3.63, 3.8) is 0 Å². The maximum Gasteiger partial charge on any atom is 0.317 e. The number of nitrogens with zero attached hydrogens (tertiary/aromatic N) is 2. The van der Waals surface area contributed by atoms with Gasteiger partial charge in [0.1, 0.15) is 0 Å². The van der Waals surface area contributed by atoms with E-state index < -0.39 is 10.0 Å². The average Bonchev–Trinajstić information content (AvgIpc) is 2.91. The number of carbonyl (C=O) groups is 2. The van der Waals surface area contributed by atoms with E-state index in [1.54, 1.807) is 14.1 Å². The van der Waals surface area contributed by atoms with Crippen molar-refractivity contribution >= 4 is 27.6 Å². The van der Waals surface area contributed by atoms with Gasteiger partial charge in [-0.05, 0) is 18.2 Å². The molecule has 0 spiro atoms. The van der Waals surface area contributed by atoms with E-state index >= 15 is 0 Å². The van der Waals surface area contributed by atoms with Crippen molar-refractivity contribution in [2.75, 3.05) is 46.0 Å². The highest BCUT2D eigenvalue weighted by Crippen LogP contribution is 2.17. The summed E-state index contributed by atoms with van der Waals surface area (Å²) in [6.45, 7) is 1.43. The number of nitrogens with two attached hydrogens (primary N) is 1. The van der Waals surface area contributed by atoms with Gasteiger partial charge in [0, 0.05) is 51.5 Å². The zero-order chi connectivity index (χ0) is 17.9. The highest BCUT2D eigenvalue weighted by Gasteiger charge is 2.21. The first-order valence-corrected chi connectivity index (χ1v) is 8.83. The minimum atomic E-state index is -3.83. The summed E-state index contributed by atoms with van der Waals surface area (Å²) in [4.78, 5) is 26.2. The first kappa shape index (κ1) is 18.0. The van der Waals surface area contributed by atoms with Gasteiger partial charge >= 0.3 is 6.03 Å². The third-order valence-corrected chi connectivity index (χ3v) is 4.95. The molecule has 10 heteroatoms. The minimum Gasteiger partial charge on any atom is -0.399 e. The molecule has 4 N–H and O–H groups in total. The zero-order valence-corrected chi connectivity index (χ0v) is 14.4. The van der Waals surface area contributed by atoms with Crippen LogP contribution in [0.4, 0.5) is 10.5 Å². The fourth-order valence-electron chi connectivity index (χ4n) is 2.28. The third kappa shape index (κ3) is 4.15. The fourth-order valence-corrected chi connectivity index (χ4v) is 3.38. The monoisotopic (exact) mass is 355 g/mol. The standard InChI is InChI=1S/C14H21N5O4S/c1-18(2)13(20)10-7-11(15)9-12(8-10)24(22,23)17-4-6-19-5-3-16-14(19)21/h7-9,17H,3-6,15H2,1-2H3,(H,16,21). The van der Waals surface area contributed by atoms with Gasteiger partial charge in [0.2, 0.25) is 10.0 Å². The molecule has 1 aromatic carbocycles. The first-order valence-electron chi connectivity index (χ1n) is 7.35. The Morgan fingerprint density at radius 3 is 2.67 bits per heavy atom. The molecule has 0 saturated carbocycles. The Morgan fingerprint density at radius 2 is 2.08 bits per heavy atom. The lowest BCUT2D eigenvalue weighted by Gasteiger charge is -2.15. The van der Waals surface area contributed by atoms with Crippen molar-refractivity contribution in [2.24, 2.45) is 0 Å². The van der Waals surface area contributed by atoms with E-state index in [4.69, 9.17) is 5.73 Å². The second-order valence-electron chi connectivity index (χ2n) is 5.61. The van der Waals surface area contributed by atoms with Crippen LogP contribution in [-0.2, 0) is 10.0 Å². The molecule has 1 aromatic rings. The van der Waals surface area contributed by atoms with E-state index in [0.29, 0.717) is 13.1 Å². The molecule has 0 atom stereocenters. The summed E-state index contributed by atoms with van der Waals surface area (Å²) in [5.41, 5.74) is 6.09. The van der Waals surface area contributed by atoms with Crippen LogP contribution in [0.1, 0.15) is 10.4 Å². The molecule has 0 unspecified atom stereocenters. The van der Waals surface area contributed by atoms with E-state index in [2.05, 4.69) is 10.0 Å². The summed E-state index contributed by atoms with van der Waals surface area (Å²) >= 11 is 0. The van der Waals surface area contributed by atoms with Crippen LogP contribution >= 0.6 is 0 Å². The maximum absolute atomic E-state index is 12.4. The van der Waals surface area contributed by atoms with E-state index in [1.807, 2.05) is 0 Å². The van der Waals surface area contributed by atoms with Crippen molar-refractivity contribution in [3.8, 4) is 0 Å². The van der Waals surface area contributed by atoms with Gasteiger partial charge in [-0.1, -0.05) is 0 Å². The number of urea groups is 1. The number of amides is 3. The van der Waals surface area contributed by atoms with Crippen LogP contribution in [0.3, 0.4) is 0 Å². The van der Waals surface area contributed by atoms with Gasteiger partial charge in [-0.15, -0.1) is 0 Å². The number of carbonyl (C=O) groups excluding carboxylic acids is 2. The second kappa shape index (κ2) is 7.05. The molecule has 1 fully saturated rings. The molecule has 9 nitrogen and oxygen atoms in total. The van der Waals surface area contributed by atoms with Crippen molar-refractivity contribution in [1.29, 1.82) is 0 Å². The third-order valence-electron chi connectivity index (χ3n) is 3.51. The number of hydrogen-bond donors (Lipinski definition) is 3. The van der Waals surface area contributed by atoms with Crippen molar-refractivity contribution < 1.29 is 18.0 Å². The van der Waals surface area contributed by atoms with Crippen molar-refractivity contribution in [3.05, 3.63) is 23.8 Å². The van der Waals surface area contributed by atoms with Gasteiger partial charge in [-0.2, -0.15) is 0 Å². The van der Waals surface area contributed by atoms with Crippen LogP contribution in [0, 0.1) is 0 Å². The SMILES string of the molecule is CN(C)C(=O)c1cc(N)cc(S(=O)(=O)NCCN2CCNC2=O)c1. The summed E-state index contributed by atoms with van der Waals surface area (Å²) in [6.07, 6.45) is 0. The second-order valence-corrected chi connectivity index (χ2v) is 7.37. The van der Waals surface area contributed by atoms with Crippen LogP contribution in [0.5, 0.6) is 0 Å². The molecule has 1 aliphatic heterocycles. The Hall–Kier alpha value is -2.33. The molecular formula is C14H21N5O4S. The summed E-state index contributed by atoms with van der Waals surface area (Å²) in [5.74, 6) is -0.340. The molecule has 0 aromatic heterocycles. The molecule has 3 amide bonds. The van der Waals surface area contributed by atoms with Gasteiger partial charge in [-0.3, -0.25) is 4.79 Å². The van der Waals surface area contributed by atoms with Crippen molar-refractivity contribution in [1.82, 2.24) is 19.8 Å². The van der Waals surface area contributed by atoms with Crippen LogP contribution in [0.15, 0.2) is 23.1 Å². The molecule has 1 aliphatic rings. The molecular weight excluding hydrogens is 334 g/mol. The number of sulfonamides is 1. The lowest BCUT2D eigenvalue weighted by Crippen LogP contribution is -2.36. The molecule has 0 aliphatic carbocycles. The van der Waals surface area contributed by atoms with Crippen LogP contribution < -0.4 is 15.8 Å². The van der Waals surface area contributed by atoms with Crippen LogP contribution in [0.25, 0.3) is 0 Å². The molecule has 24 heavy (non-hydrogen) atoms. The molecule has 2 rings (SSSR count). The van der Waals surface area contributed by atoms with Gasteiger partial charge in [0.25, 0.3) is 5.91 Å². The number of nitrogens with one attached hydrogen (secondary N) is 2. The summed E-state index contributed by atoms with van der Waals surface area (Å²) in [6, 6.07) is 3.79. The van der Waals surface area contributed by atoms with Crippen LogP contribution in [0.2, 0.25) is 0 Å². The Kier molecular flexibility index (Phi) is 5.30. The highest BCUT2D eigenvalue weighted by molar-refractivity contribution is 7.89. The number of nitrogen functional groups attached to an aromatic ring is 1. The van der Waals surface area contributed by atoms with Gasteiger partial charge in [0.15, 0.2) is 0 Å². The topological polar surface area (TPSA) is 125 Å². The zero-order valence-electron chi connectivity index (χ0n) is 13.6. The number of benzene rings is 1. The predicted molar refractivity (Wildman–Crippen MR) is 89.0 cm³/mol. The summed E-state index contributed by atoms with van der Waals surface area (Å²) < 4.78 is 27.2. The molecule has 0 radical (unpaired) electrons. The Bertz CT molecular complexity index is 748. The number of hydrogen-bond acceptors (Lipinski definition) is 5. The number of anilines is 1. The summed E-state index contributed by atoms with van der Waals surface area (Å²) in [5, 5.41) is 2.64. The fraction of sp³-hybridized carbons (Fsp3) is 0.429. The van der Waals surface area contributed by atoms with Crippen LogP contribution in [-0.4, -0.2) is 70.4 Å². The first-order chi connectivity index (χ1) is 11.2. The minimum absolute atomic E-state index is 0.0709. The average molecular weight is 355 g/mol. The largest absolute Gasteiger partial charge is 0.399 e. The van der Waals surface area contributed by atoms with Gasteiger partial charge < -0.3 is 20.9 Å². The van der Waals surface area contributed by atoms with E-state index in [-0.39, 0.29) is 41.2 Å². The van der Waals surface area contributed by atoms with Crippen molar-refractivity contribution in [2.45, 2.75) is 4.90 Å². The Balaban J connectivity index is 2.10. The number of rotatable bonds is 6. The van der Waals surface area contributed by atoms with E-state index in [0.717, 1.165) is 0 Å². The maximum atomic E-state index is 12.4. The van der Waals surface area contributed by atoms with E-state index in [1.165, 1.54) is 28.0 Å². The Morgan fingerprint density at radius 1 is 1.38 bits per heavy atom. The normalized spacial score (nSPS) is 14.6. The lowest BCUT2D eigenvalue weighted by molar-refractivity contribution is 0.0827. The predicted octanol–water partition coefficient (Wildman–Crippen LogP) is -0.726. The lowest BCUT2D eigenvalue weighted by atomic mass is 10.2. The highest BCUT2D eigenvalue weighted by atomic mass is 32.2. The Labute approximate surface area is 140 Å². The molecule has 132 valence electrons. The molecule has 1 heterocycles. The smallest absolute Gasteiger partial charge is 0.317 e.